The second-order valence-corrected chi connectivity index (χ2v) is 6.93. The molecule has 24 heavy (non-hydrogen) atoms. The first-order chi connectivity index (χ1) is 11.5. The highest BCUT2D eigenvalue weighted by Gasteiger charge is 2.33. The number of aliphatic hydroxyl groups is 2. The zero-order valence-electron chi connectivity index (χ0n) is 13.7. The van der Waals surface area contributed by atoms with Gasteiger partial charge in [0.25, 0.3) is 0 Å². The number of benzene rings is 1. The van der Waals surface area contributed by atoms with Crippen molar-refractivity contribution in [1.82, 2.24) is 10.2 Å². The zero-order chi connectivity index (χ0) is 17.1. The summed E-state index contributed by atoms with van der Waals surface area (Å²) in [6, 6.07) is 6.15. The molecule has 3 N–H and O–H groups in total. The molecule has 5 nitrogen and oxygen atoms in total. The van der Waals surface area contributed by atoms with Gasteiger partial charge >= 0.3 is 0 Å². The fourth-order valence-corrected chi connectivity index (χ4v) is 3.21. The van der Waals surface area contributed by atoms with E-state index in [9.17, 15) is 19.4 Å². The Bertz CT molecular complexity index is 554. The van der Waals surface area contributed by atoms with Gasteiger partial charge in [-0.2, -0.15) is 0 Å². The number of carbonyl (C=O) groups excluding carboxylic acids is 1. The Labute approximate surface area is 141 Å². The third-order valence-electron chi connectivity index (χ3n) is 4.96. The van der Waals surface area contributed by atoms with Crippen molar-refractivity contribution in [2.75, 3.05) is 19.6 Å². The van der Waals surface area contributed by atoms with E-state index >= 15 is 0 Å². The minimum Gasteiger partial charge on any atom is -0.387 e. The number of likely N-dealkylation sites (tertiary alicyclic amines) is 1. The molecule has 0 aromatic heterocycles. The van der Waals surface area contributed by atoms with Crippen molar-refractivity contribution < 1.29 is 19.4 Å². The van der Waals surface area contributed by atoms with E-state index in [-0.39, 0.29) is 23.7 Å². The van der Waals surface area contributed by atoms with Gasteiger partial charge in [-0.3, -0.25) is 4.79 Å². The lowest BCUT2D eigenvalue weighted by Crippen LogP contribution is -2.45. The lowest BCUT2D eigenvalue weighted by molar-refractivity contribution is -0.133. The molecule has 2 aliphatic rings. The van der Waals surface area contributed by atoms with Crippen molar-refractivity contribution in [3.63, 3.8) is 0 Å². The normalized spacial score (nSPS) is 22.1. The van der Waals surface area contributed by atoms with Gasteiger partial charge in [-0.1, -0.05) is 12.1 Å². The SMILES string of the molecule is O=C(NC1CC1)[C@@H](O)C1CCN(C[C@H](O)c2ccc(F)cc2)CC1. The van der Waals surface area contributed by atoms with E-state index in [1.165, 1.54) is 12.1 Å². The van der Waals surface area contributed by atoms with Gasteiger partial charge in [0.15, 0.2) is 0 Å². The summed E-state index contributed by atoms with van der Waals surface area (Å²) in [5, 5.41) is 23.3. The fourth-order valence-electron chi connectivity index (χ4n) is 3.21. The predicted octanol–water partition coefficient (Wildman–Crippen LogP) is 1.21. The van der Waals surface area contributed by atoms with E-state index in [4.69, 9.17) is 0 Å². The van der Waals surface area contributed by atoms with Crippen molar-refractivity contribution in [1.29, 1.82) is 0 Å². The van der Waals surface area contributed by atoms with Gasteiger partial charge in [0.05, 0.1) is 6.10 Å². The molecule has 1 aromatic rings. The Morgan fingerprint density at radius 2 is 1.79 bits per heavy atom. The van der Waals surface area contributed by atoms with Gasteiger partial charge in [0.1, 0.15) is 11.9 Å². The number of hydrogen-bond donors (Lipinski definition) is 3. The van der Waals surface area contributed by atoms with Crippen LogP contribution >= 0.6 is 0 Å². The van der Waals surface area contributed by atoms with Crippen LogP contribution in [0.5, 0.6) is 0 Å². The third-order valence-corrected chi connectivity index (χ3v) is 4.96. The van der Waals surface area contributed by atoms with Crippen LogP contribution in [0.4, 0.5) is 4.39 Å². The molecule has 1 heterocycles. The average Bonchev–Trinajstić information content (AvgIpc) is 3.39. The van der Waals surface area contributed by atoms with Crippen molar-refractivity contribution in [2.24, 2.45) is 5.92 Å². The Hall–Kier alpha value is -1.50. The number of piperidine rings is 1. The standard InChI is InChI=1S/C18H25FN2O3/c19-14-3-1-12(2-4-14)16(22)11-21-9-7-13(8-10-21)17(23)18(24)20-15-5-6-15/h1-4,13,15-17,22-23H,5-11H2,(H,20,24)/t16-,17-/m0/s1. The Kier molecular flexibility index (Phi) is 5.48. The number of hydrogen-bond acceptors (Lipinski definition) is 4. The number of rotatable bonds is 6. The van der Waals surface area contributed by atoms with Crippen molar-refractivity contribution in [3.05, 3.63) is 35.6 Å². The van der Waals surface area contributed by atoms with E-state index in [1.807, 2.05) is 0 Å². The fraction of sp³-hybridized carbons (Fsp3) is 0.611. The second kappa shape index (κ2) is 7.59. The first-order valence-electron chi connectivity index (χ1n) is 8.67. The van der Waals surface area contributed by atoms with Crippen LogP contribution in [0.25, 0.3) is 0 Å². The van der Waals surface area contributed by atoms with Crippen LogP contribution in [0.2, 0.25) is 0 Å². The number of amides is 1. The highest BCUT2D eigenvalue weighted by Crippen LogP contribution is 2.25. The molecule has 1 aliphatic heterocycles. The summed E-state index contributed by atoms with van der Waals surface area (Å²) in [5.41, 5.74) is 0.697. The summed E-state index contributed by atoms with van der Waals surface area (Å²) in [6.07, 6.45) is 1.89. The predicted molar refractivity (Wildman–Crippen MR) is 87.7 cm³/mol. The number of aliphatic hydroxyl groups excluding tert-OH is 2. The van der Waals surface area contributed by atoms with E-state index in [0.29, 0.717) is 12.1 Å². The van der Waals surface area contributed by atoms with Crippen molar-refractivity contribution in [2.45, 2.75) is 43.9 Å². The van der Waals surface area contributed by atoms with Gasteiger partial charge in [-0.05, 0) is 62.4 Å². The molecule has 1 saturated heterocycles. The summed E-state index contributed by atoms with van der Waals surface area (Å²) in [5.74, 6) is -0.588. The molecule has 3 rings (SSSR count). The first-order valence-corrected chi connectivity index (χ1v) is 8.67. The molecule has 132 valence electrons. The quantitative estimate of drug-likeness (QED) is 0.730. The Morgan fingerprint density at radius 1 is 1.17 bits per heavy atom. The topological polar surface area (TPSA) is 72.8 Å². The van der Waals surface area contributed by atoms with Crippen LogP contribution in [0.1, 0.15) is 37.4 Å². The molecule has 0 bridgehead atoms. The summed E-state index contributed by atoms with van der Waals surface area (Å²) < 4.78 is 12.9. The third kappa shape index (κ3) is 4.53. The molecule has 1 aliphatic carbocycles. The van der Waals surface area contributed by atoms with Crippen LogP contribution in [0.15, 0.2) is 24.3 Å². The molecule has 6 heteroatoms. The lowest BCUT2D eigenvalue weighted by atomic mass is 9.90. The number of nitrogens with one attached hydrogen (secondary N) is 1. The van der Waals surface area contributed by atoms with Crippen LogP contribution in [0, 0.1) is 11.7 Å². The highest BCUT2D eigenvalue weighted by molar-refractivity contribution is 5.81. The van der Waals surface area contributed by atoms with E-state index in [2.05, 4.69) is 10.2 Å². The molecule has 0 unspecified atom stereocenters. The van der Waals surface area contributed by atoms with Gasteiger partial charge in [0.2, 0.25) is 5.91 Å². The number of halogens is 1. The zero-order valence-corrected chi connectivity index (χ0v) is 13.7. The maximum atomic E-state index is 12.9. The van der Waals surface area contributed by atoms with Gasteiger partial charge in [0, 0.05) is 12.6 Å². The molecular weight excluding hydrogens is 311 g/mol. The molecule has 1 amide bonds. The maximum absolute atomic E-state index is 12.9. The molecule has 0 spiro atoms. The van der Waals surface area contributed by atoms with Crippen molar-refractivity contribution >= 4 is 5.91 Å². The lowest BCUT2D eigenvalue weighted by Gasteiger charge is -2.34. The minimum absolute atomic E-state index is 0.0250. The second-order valence-electron chi connectivity index (χ2n) is 6.93. The maximum Gasteiger partial charge on any atom is 0.249 e. The van der Waals surface area contributed by atoms with Gasteiger partial charge < -0.3 is 20.4 Å². The number of β-amino-alcohol motifs (C(OH)–C–C–N with tert-alkyl or cyclic N) is 1. The summed E-state index contributed by atoms with van der Waals surface area (Å²) in [7, 11) is 0. The molecule has 1 aromatic carbocycles. The van der Waals surface area contributed by atoms with E-state index in [1.54, 1.807) is 12.1 Å². The summed E-state index contributed by atoms with van der Waals surface area (Å²) in [6.45, 7) is 1.94. The monoisotopic (exact) mass is 336 g/mol. The smallest absolute Gasteiger partial charge is 0.249 e. The molecule has 2 fully saturated rings. The van der Waals surface area contributed by atoms with E-state index in [0.717, 1.165) is 38.8 Å². The Morgan fingerprint density at radius 3 is 2.38 bits per heavy atom. The Balaban J connectivity index is 1.44. The summed E-state index contributed by atoms with van der Waals surface area (Å²) >= 11 is 0. The molecule has 1 saturated carbocycles. The number of carbonyl (C=O) groups is 1. The average molecular weight is 336 g/mol. The van der Waals surface area contributed by atoms with Crippen LogP contribution in [0.3, 0.4) is 0 Å². The first kappa shape index (κ1) is 17.3. The van der Waals surface area contributed by atoms with Gasteiger partial charge in [-0.15, -0.1) is 0 Å². The number of nitrogens with zero attached hydrogens (tertiary/aromatic N) is 1. The van der Waals surface area contributed by atoms with Crippen LogP contribution < -0.4 is 5.32 Å². The van der Waals surface area contributed by atoms with Crippen LogP contribution in [-0.2, 0) is 4.79 Å². The molecule has 2 atom stereocenters. The van der Waals surface area contributed by atoms with E-state index < -0.39 is 12.2 Å². The van der Waals surface area contributed by atoms with Crippen LogP contribution in [-0.4, -0.2) is 52.8 Å². The summed E-state index contributed by atoms with van der Waals surface area (Å²) in [4.78, 5) is 14.0. The molecule has 0 radical (unpaired) electrons. The highest BCUT2D eigenvalue weighted by atomic mass is 19.1. The largest absolute Gasteiger partial charge is 0.387 e. The minimum atomic E-state index is -0.935. The molecular formula is C18H25FN2O3. The van der Waals surface area contributed by atoms with Crippen molar-refractivity contribution in [3.8, 4) is 0 Å². The van der Waals surface area contributed by atoms with Gasteiger partial charge in [-0.25, -0.2) is 4.39 Å².